The molecule has 2 aromatic heterocycles. The number of rotatable bonds is 3. The maximum Gasteiger partial charge on any atom is 0.239 e. The molecule has 1 aliphatic heterocycles. The van der Waals surface area contributed by atoms with E-state index >= 15 is 0 Å². The molecule has 2 saturated carbocycles. The molecule has 2 bridgehead atoms. The van der Waals surface area contributed by atoms with Gasteiger partial charge in [0.2, 0.25) is 23.5 Å². The summed E-state index contributed by atoms with van der Waals surface area (Å²) in [5.74, 6) is 1.78. The Bertz CT molecular complexity index is 833. The topological polar surface area (TPSA) is 88.3 Å². The number of nitrogens with zero attached hydrogens (tertiary/aromatic N) is 3. The zero-order valence-electron chi connectivity index (χ0n) is 14.3. The molecule has 2 aliphatic carbocycles. The highest BCUT2D eigenvalue weighted by Crippen LogP contribution is 2.57. The first-order valence-corrected chi connectivity index (χ1v) is 10.1. The first kappa shape index (κ1) is 16.0. The molecule has 0 unspecified atom stereocenters. The summed E-state index contributed by atoms with van der Waals surface area (Å²) in [7, 11) is 0. The van der Waals surface area contributed by atoms with Gasteiger partial charge in [-0.3, -0.25) is 9.59 Å². The standard InChI is InChI=1S/C18H20N4O3S/c23-13-8-22(5-4-19-13)18(24)15-11-2-1-10(7-11)14(15)17-20-16(21-25-17)12-3-6-26-9-12/h3,6,9-11,14-15H,1-2,4-5,7-8H2,(H,19,23)/t10-,11+,14+,15+/m1/s1. The number of hydrogen-bond acceptors (Lipinski definition) is 6. The van der Waals surface area contributed by atoms with Crippen molar-refractivity contribution in [2.75, 3.05) is 19.6 Å². The predicted octanol–water partition coefficient (Wildman–Crippen LogP) is 1.89. The van der Waals surface area contributed by atoms with Crippen LogP contribution in [0.5, 0.6) is 0 Å². The number of hydrogen-bond donors (Lipinski definition) is 1. The fourth-order valence-corrected chi connectivity index (χ4v) is 5.55. The van der Waals surface area contributed by atoms with Crippen molar-refractivity contribution in [1.29, 1.82) is 0 Å². The van der Waals surface area contributed by atoms with Crippen molar-refractivity contribution in [3.63, 3.8) is 0 Å². The molecular formula is C18H20N4O3S. The first-order chi connectivity index (χ1) is 12.7. The van der Waals surface area contributed by atoms with E-state index in [0.717, 1.165) is 24.8 Å². The fraction of sp³-hybridized carbons (Fsp3) is 0.556. The number of piperazine rings is 1. The van der Waals surface area contributed by atoms with Crippen molar-refractivity contribution in [3.05, 3.63) is 22.7 Å². The van der Waals surface area contributed by atoms with Crippen LogP contribution in [0.3, 0.4) is 0 Å². The molecule has 26 heavy (non-hydrogen) atoms. The lowest BCUT2D eigenvalue weighted by Gasteiger charge is -2.34. The molecule has 3 fully saturated rings. The fourth-order valence-electron chi connectivity index (χ4n) is 4.92. The minimum atomic E-state index is -0.143. The summed E-state index contributed by atoms with van der Waals surface area (Å²) < 4.78 is 5.61. The van der Waals surface area contributed by atoms with Gasteiger partial charge in [0.25, 0.3) is 0 Å². The van der Waals surface area contributed by atoms with Gasteiger partial charge in [0.1, 0.15) is 0 Å². The molecule has 0 spiro atoms. The van der Waals surface area contributed by atoms with E-state index in [2.05, 4.69) is 15.5 Å². The van der Waals surface area contributed by atoms with Crippen molar-refractivity contribution < 1.29 is 14.1 Å². The highest BCUT2D eigenvalue weighted by atomic mass is 32.1. The third-order valence-electron chi connectivity index (χ3n) is 6.06. The number of amides is 2. The largest absolute Gasteiger partial charge is 0.353 e. The number of fused-ring (bicyclic) bond motifs is 2. The smallest absolute Gasteiger partial charge is 0.239 e. The van der Waals surface area contributed by atoms with E-state index in [0.29, 0.717) is 36.6 Å². The minimum absolute atomic E-state index is 0.0221. The van der Waals surface area contributed by atoms with Crippen LogP contribution in [0.4, 0.5) is 0 Å². The lowest BCUT2D eigenvalue weighted by Crippen LogP contribution is -2.52. The third-order valence-corrected chi connectivity index (χ3v) is 6.74. The Morgan fingerprint density at radius 1 is 1.35 bits per heavy atom. The van der Waals surface area contributed by atoms with Crippen LogP contribution in [0, 0.1) is 17.8 Å². The lowest BCUT2D eigenvalue weighted by molar-refractivity contribution is -0.143. The molecule has 2 aromatic rings. The molecule has 1 N–H and O–H groups in total. The van der Waals surface area contributed by atoms with Gasteiger partial charge in [0.15, 0.2) is 0 Å². The number of thiophene rings is 1. The highest BCUT2D eigenvalue weighted by molar-refractivity contribution is 7.08. The van der Waals surface area contributed by atoms with Crippen LogP contribution in [0.15, 0.2) is 21.3 Å². The summed E-state index contributed by atoms with van der Waals surface area (Å²) in [5, 5.41) is 10.9. The van der Waals surface area contributed by atoms with Gasteiger partial charge in [0.05, 0.1) is 18.4 Å². The molecule has 7 nitrogen and oxygen atoms in total. The van der Waals surface area contributed by atoms with Gasteiger partial charge in [-0.1, -0.05) is 5.16 Å². The van der Waals surface area contributed by atoms with Crippen molar-refractivity contribution in [2.24, 2.45) is 17.8 Å². The van der Waals surface area contributed by atoms with Gasteiger partial charge in [-0.15, -0.1) is 0 Å². The molecular weight excluding hydrogens is 352 g/mol. The van der Waals surface area contributed by atoms with Gasteiger partial charge in [-0.05, 0) is 42.5 Å². The molecule has 0 radical (unpaired) electrons. The molecule has 3 aliphatic rings. The maximum absolute atomic E-state index is 13.2. The summed E-state index contributed by atoms with van der Waals surface area (Å²) in [6, 6.07) is 1.97. The number of carbonyl (C=O) groups excluding carboxylic acids is 2. The Kier molecular flexibility index (Phi) is 3.81. The molecule has 8 heteroatoms. The monoisotopic (exact) mass is 372 g/mol. The van der Waals surface area contributed by atoms with E-state index in [1.54, 1.807) is 16.2 Å². The summed E-state index contributed by atoms with van der Waals surface area (Å²) in [5.41, 5.74) is 0.948. The van der Waals surface area contributed by atoms with Crippen LogP contribution in [0.2, 0.25) is 0 Å². The van der Waals surface area contributed by atoms with Crippen LogP contribution in [0.25, 0.3) is 11.4 Å². The minimum Gasteiger partial charge on any atom is -0.353 e. The van der Waals surface area contributed by atoms with E-state index < -0.39 is 0 Å². The average Bonchev–Trinajstić information content (AvgIpc) is 3.44. The van der Waals surface area contributed by atoms with E-state index in [1.165, 1.54) is 0 Å². The molecule has 136 valence electrons. The molecule has 4 atom stereocenters. The van der Waals surface area contributed by atoms with E-state index in [4.69, 9.17) is 4.52 Å². The van der Waals surface area contributed by atoms with Gasteiger partial charge in [-0.2, -0.15) is 16.3 Å². The second kappa shape index (κ2) is 6.19. The van der Waals surface area contributed by atoms with Crippen LogP contribution >= 0.6 is 11.3 Å². The van der Waals surface area contributed by atoms with Crippen molar-refractivity contribution in [2.45, 2.75) is 25.2 Å². The second-order valence-electron chi connectivity index (χ2n) is 7.46. The molecule has 0 aromatic carbocycles. The quantitative estimate of drug-likeness (QED) is 0.889. The van der Waals surface area contributed by atoms with Gasteiger partial charge < -0.3 is 14.7 Å². The van der Waals surface area contributed by atoms with Crippen LogP contribution in [0.1, 0.15) is 31.1 Å². The number of carbonyl (C=O) groups is 2. The van der Waals surface area contributed by atoms with E-state index in [1.807, 2.05) is 16.8 Å². The molecule has 2 amide bonds. The SMILES string of the molecule is O=C1CN(C(=O)[C@H]2[C@H]3CC[C@H](C3)[C@@H]2c2nc(-c3ccsc3)no2)CCN1. The number of aromatic nitrogens is 2. The van der Waals surface area contributed by atoms with Gasteiger partial charge >= 0.3 is 0 Å². The van der Waals surface area contributed by atoms with Gasteiger partial charge in [-0.25, -0.2) is 0 Å². The van der Waals surface area contributed by atoms with Crippen LogP contribution < -0.4 is 5.32 Å². The Morgan fingerprint density at radius 2 is 2.23 bits per heavy atom. The molecule has 5 rings (SSSR count). The highest BCUT2D eigenvalue weighted by Gasteiger charge is 2.54. The summed E-state index contributed by atoms with van der Waals surface area (Å²) in [6.07, 6.45) is 3.22. The van der Waals surface area contributed by atoms with Crippen molar-refractivity contribution in [1.82, 2.24) is 20.4 Å². The maximum atomic E-state index is 13.2. The zero-order chi connectivity index (χ0) is 17.7. The average molecular weight is 372 g/mol. The Morgan fingerprint density at radius 3 is 3.04 bits per heavy atom. The van der Waals surface area contributed by atoms with Crippen molar-refractivity contribution >= 4 is 23.2 Å². The Balaban J connectivity index is 1.43. The number of nitrogens with one attached hydrogen (secondary N) is 1. The lowest BCUT2D eigenvalue weighted by atomic mass is 9.78. The predicted molar refractivity (Wildman–Crippen MR) is 94.3 cm³/mol. The first-order valence-electron chi connectivity index (χ1n) is 9.12. The summed E-state index contributed by atoms with van der Waals surface area (Å²) >= 11 is 1.59. The molecule has 3 heterocycles. The zero-order valence-corrected chi connectivity index (χ0v) is 15.1. The van der Waals surface area contributed by atoms with E-state index in [-0.39, 0.29) is 30.2 Å². The normalized spacial score (nSPS) is 30.6. The Hall–Kier alpha value is -2.22. The third kappa shape index (κ3) is 2.55. The van der Waals surface area contributed by atoms with Gasteiger partial charge in [0, 0.05) is 24.0 Å². The van der Waals surface area contributed by atoms with Crippen molar-refractivity contribution in [3.8, 4) is 11.4 Å². The van der Waals surface area contributed by atoms with Crippen LogP contribution in [-0.4, -0.2) is 46.5 Å². The second-order valence-corrected chi connectivity index (χ2v) is 8.24. The summed E-state index contributed by atoms with van der Waals surface area (Å²) in [6.45, 7) is 1.26. The molecule has 1 saturated heterocycles. The van der Waals surface area contributed by atoms with E-state index in [9.17, 15) is 9.59 Å². The summed E-state index contributed by atoms with van der Waals surface area (Å²) in [4.78, 5) is 31.2. The Labute approximate surface area is 154 Å². The van der Waals surface area contributed by atoms with Crippen LogP contribution in [-0.2, 0) is 9.59 Å².